The Balaban J connectivity index is 2.20. The molecule has 0 atom stereocenters. The van der Waals surface area contributed by atoms with Gasteiger partial charge in [-0.2, -0.15) is 0 Å². The van der Waals surface area contributed by atoms with Gasteiger partial charge in [-0.1, -0.05) is 20.8 Å². The third-order valence-electron chi connectivity index (χ3n) is 3.51. The van der Waals surface area contributed by atoms with Gasteiger partial charge in [0.25, 0.3) is 5.56 Å². The van der Waals surface area contributed by atoms with Crippen molar-refractivity contribution in [2.75, 3.05) is 13.1 Å². The van der Waals surface area contributed by atoms with Crippen molar-refractivity contribution in [3.63, 3.8) is 0 Å². The highest BCUT2D eigenvalue weighted by molar-refractivity contribution is 5.27. The molecule has 1 aromatic heterocycles. The third kappa shape index (κ3) is 3.00. The van der Waals surface area contributed by atoms with Gasteiger partial charge in [-0.05, 0) is 18.2 Å². The Labute approximate surface area is 108 Å². The van der Waals surface area contributed by atoms with Crippen LogP contribution in [0.25, 0.3) is 0 Å². The summed E-state index contributed by atoms with van der Waals surface area (Å²) < 4.78 is 0. The molecule has 0 saturated heterocycles. The number of rotatable bonds is 4. The van der Waals surface area contributed by atoms with Crippen LogP contribution >= 0.6 is 0 Å². The lowest BCUT2D eigenvalue weighted by molar-refractivity contribution is 0.265. The molecule has 0 amide bonds. The molecule has 4 nitrogen and oxygen atoms in total. The maximum atomic E-state index is 11.9. The van der Waals surface area contributed by atoms with E-state index in [1.807, 2.05) is 0 Å². The number of pyridine rings is 1. The van der Waals surface area contributed by atoms with Crippen molar-refractivity contribution in [2.24, 2.45) is 0 Å². The molecule has 0 saturated carbocycles. The summed E-state index contributed by atoms with van der Waals surface area (Å²) in [7, 11) is 0. The van der Waals surface area contributed by atoms with E-state index in [4.69, 9.17) is 0 Å². The van der Waals surface area contributed by atoms with Crippen LogP contribution in [-0.2, 0) is 19.5 Å². The summed E-state index contributed by atoms with van der Waals surface area (Å²) in [6, 6.07) is 2.47. The van der Waals surface area contributed by atoms with Crippen molar-refractivity contribution >= 4 is 0 Å². The Morgan fingerprint density at radius 2 is 2.28 bits per heavy atom. The molecule has 0 radical (unpaired) electrons. The fourth-order valence-electron chi connectivity index (χ4n) is 2.33. The largest absolute Gasteiger partial charge is 0.326 e. The topological polar surface area (TPSA) is 48.1 Å². The first-order chi connectivity index (χ1) is 8.60. The quantitative estimate of drug-likeness (QED) is 0.844. The number of nitrogens with one attached hydrogen (secondary N) is 2. The number of nitrogens with zero attached hydrogens (tertiary/aromatic N) is 1. The molecule has 0 bridgehead atoms. The monoisotopic (exact) mass is 249 g/mol. The second kappa shape index (κ2) is 5.67. The van der Waals surface area contributed by atoms with Crippen LogP contribution < -0.4 is 10.9 Å². The van der Waals surface area contributed by atoms with E-state index < -0.39 is 0 Å². The van der Waals surface area contributed by atoms with Crippen LogP contribution in [0.3, 0.4) is 0 Å². The van der Waals surface area contributed by atoms with Gasteiger partial charge in [-0.3, -0.25) is 9.69 Å². The lowest BCUT2D eigenvalue weighted by atomic mass is 10.0. The molecular weight excluding hydrogens is 226 g/mol. The van der Waals surface area contributed by atoms with E-state index in [1.165, 1.54) is 5.56 Å². The van der Waals surface area contributed by atoms with Crippen molar-refractivity contribution in [3.05, 3.63) is 33.2 Å². The number of fused-ring (bicyclic) bond motifs is 1. The first-order valence-electron chi connectivity index (χ1n) is 6.79. The van der Waals surface area contributed by atoms with Crippen LogP contribution in [0, 0.1) is 0 Å². The van der Waals surface area contributed by atoms with E-state index in [0.29, 0.717) is 12.6 Å². The zero-order valence-electron chi connectivity index (χ0n) is 11.5. The SMILES string of the molecule is CCN1CCc2[nH]c(=O)c(CNC(C)C)cc2C1. The van der Waals surface area contributed by atoms with Crippen molar-refractivity contribution < 1.29 is 0 Å². The number of aromatic amines is 1. The van der Waals surface area contributed by atoms with Crippen molar-refractivity contribution in [2.45, 2.75) is 46.3 Å². The molecule has 2 rings (SSSR count). The molecule has 0 spiro atoms. The Morgan fingerprint density at radius 3 is 2.94 bits per heavy atom. The van der Waals surface area contributed by atoms with Crippen LogP contribution in [0.15, 0.2) is 10.9 Å². The zero-order chi connectivity index (χ0) is 13.1. The Bertz CT molecular complexity index is 465. The highest BCUT2D eigenvalue weighted by Crippen LogP contribution is 2.16. The summed E-state index contributed by atoms with van der Waals surface area (Å²) in [4.78, 5) is 17.4. The molecule has 0 aromatic carbocycles. The summed E-state index contributed by atoms with van der Waals surface area (Å²) in [5, 5.41) is 3.30. The molecule has 4 heteroatoms. The maximum Gasteiger partial charge on any atom is 0.252 e. The summed E-state index contributed by atoms with van der Waals surface area (Å²) in [5.41, 5.74) is 3.31. The summed E-state index contributed by atoms with van der Waals surface area (Å²) in [6.07, 6.45) is 0.955. The van der Waals surface area contributed by atoms with E-state index in [9.17, 15) is 4.79 Å². The molecule has 0 unspecified atom stereocenters. The minimum Gasteiger partial charge on any atom is -0.326 e. The van der Waals surface area contributed by atoms with E-state index in [0.717, 1.165) is 37.3 Å². The summed E-state index contributed by atoms with van der Waals surface area (Å²) in [5.74, 6) is 0. The molecule has 2 N–H and O–H groups in total. The maximum absolute atomic E-state index is 11.9. The summed E-state index contributed by atoms with van der Waals surface area (Å²) in [6.45, 7) is 10.1. The first-order valence-corrected chi connectivity index (χ1v) is 6.79. The van der Waals surface area contributed by atoms with Gasteiger partial charge in [0.2, 0.25) is 0 Å². The third-order valence-corrected chi connectivity index (χ3v) is 3.51. The van der Waals surface area contributed by atoms with Gasteiger partial charge < -0.3 is 10.3 Å². The number of hydrogen-bond donors (Lipinski definition) is 2. The second-order valence-corrected chi connectivity index (χ2v) is 5.28. The average molecular weight is 249 g/mol. The Kier molecular flexibility index (Phi) is 4.19. The normalized spacial score (nSPS) is 16.0. The highest BCUT2D eigenvalue weighted by atomic mass is 16.1. The number of likely N-dealkylation sites (N-methyl/N-ethyl adjacent to an activating group) is 1. The fraction of sp³-hybridized carbons (Fsp3) is 0.643. The second-order valence-electron chi connectivity index (χ2n) is 5.28. The molecule has 1 aliphatic rings. The van der Waals surface area contributed by atoms with Crippen LogP contribution in [0.1, 0.15) is 37.6 Å². The Morgan fingerprint density at radius 1 is 1.50 bits per heavy atom. The van der Waals surface area contributed by atoms with Gasteiger partial charge in [0.1, 0.15) is 0 Å². The highest BCUT2D eigenvalue weighted by Gasteiger charge is 2.17. The smallest absolute Gasteiger partial charge is 0.252 e. The van der Waals surface area contributed by atoms with Crippen molar-refractivity contribution in [1.29, 1.82) is 0 Å². The minimum absolute atomic E-state index is 0.0619. The molecular formula is C14H23N3O. The van der Waals surface area contributed by atoms with Gasteiger partial charge in [-0.25, -0.2) is 0 Å². The fourth-order valence-corrected chi connectivity index (χ4v) is 2.33. The standard InChI is InChI=1S/C14H23N3O/c1-4-17-6-5-13-12(9-17)7-11(14(18)16-13)8-15-10(2)3/h7,10,15H,4-6,8-9H2,1-3H3,(H,16,18). The molecule has 0 aliphatic carbocycles. The van der Waals surface area contributed by atoms with Crippen molar-refractivity contribution in [3.8, 4) is 0 Å². The van der Waals surface area contributed by atoms with Crippen LogP contribution in [0.2, 0.25) is 0 Å². The average Bonchev–Trinajstić information content (AvgIpc) is 2.35. The van der Waals surface area contributed by atoms with Crippen LogP contribution in [0.4, 0.5) is 0 Å². The number of aromatic nitrogens is 1. The van der Waals surface area contributed by atoms with Gasteiger partial charge >= 0.3 is 0 Å². The van der Waals surface area contributed by atoms with E-state index in [1.54, 1.807) is 0 Å². The van der Waals surface area contributed by atoms with Crippen LogP contribution in [0.5, 0.6) is 0 Å². The number of H-pyrrole nitrogens is 1. The predicted octanol–water partition coefficient (Wildman–Crippen LogP) is 1.25. The van der Waals surface area contributed by atoms with Gasteiger partial charge in [0, 0.05) is 43.4 Å². The lowest BCUT2D eigenvalue weighted by Crippen LogP contribution is -2.34. The summed E-state index contributed by atoms with van der Waals surface area (Å²) >= 11 is 0. The van der Waals surface area contributed by atoms with Crippen LogP contribution in [-0.4, -0.2) is 29.0 Å². The molecule has 100 valence electrons. The molecule has 18 heavy (non-hydrogen) atoms. The molecule has 0 fully saturated rings. The van der Waals surface area contributed by atoms with Gasteiger partial charge in [0.15, 0.2) is 0 Å². The first kappa shape index (κ1) is 13.3. The van der Waals surface area contributed by atoms with Gasteiger partial charge in [0.05, 0.1) is 0 Å². The minimum atomic E-state index is 0.0619. The number of hydrogen-bond acceptors (Lipinski definition) is 3. The molecule has 1 aromatic rings. The lowest BCUT2D eigenvalue weighted by Gasteiger charge is -2.27. The predicted molar refractivity (Wildman–Crippen MR) is 73.7 cm³/mol. The zero-order valence-corrected chi connectivity index (χ0v) is 11.5. The Hall–Kier alpha value is -1.13. The van der Waals surface area contributed by atoms with Crippen molar-refractivity contribution in [1.82, 2.24) is 15.2 Å². The molecule has 2 heterocycles. The molecule has 1 aliphatic heterocycles. The van der Waals surface area contributed by atoms with Gasteiger partial charge in [-0.15, -0.1) is 0 Å². The van der Waals surface area contributed by atoms with E-state index in [-0.39, 0.29) is 5.56 Å². The van der Waals surface area contributed by atoms with E-state index in [2.05, 4.69) is 42.0 Å². The van der Waals surface area contributed by atoms with E-state index >= 15 is 0 Å².